The molecule has 2 atom stereocenters. The second kappa shape index (κ2) is 7.49. The predicted molar refractivity (Wildman–Crippen MR) is 73.6 cm³/mol. The van der Waals surface area contributed by atoms with Gasteiger partial charge in [-0.15, -0.1) is 0 Å². The Morgan fingerprint density at radius 2 is 2.32 bits per heavy atom. The zero-order chi connectivity index (χ0) is 14.4. The molecule has 2 unspecified atom stereocenters. The summed E-state index contributed by atoms with van der Waals surface area (Å²) in [4.78, 5) is 3.87. The largest absolute Gasteiger partial charge is 0.595 e. The van der Waals surface area contributed by atoms with Crippen LogP contribution in [-0.4, -0.2) is 16.8 Å². The second-order valence-electron chi connectivity index (χ2n) is 4.52. The first-order valence-electron chi connectivity index (χ1n) is 6.27. The van der Waals surface area contributed by atoms with Crippen LogP contribution in [0.3, 0.4) is 0 Å². The number of ether oxygens (including phenoxy) is 1. The van der Waals surface area contributed by atoms with Crippen molar-refractivity contribution in [2.24, 2.45) is 5.92 Å². The van der Waals surface area contributed by atoms with E-state index < -0.39 is 5.23 Å². The first-order chi connectivity index (χ1) is 8.95. The molecule has 0 aliphatic carbocycles. The molecule has 1 rings (SSSR count). The average Bonchev–Trinajstić information content (AvgIpc) is 2.37. The van der Waals surface area contributed by atoms with Gasteiger partial charge in [-0.25, -0.2) is 5.21 Å². The van der Waals surface area contributed by atoms with E-state index in [1.165, 1.54) is 6.07 Å². The van der Waals surface area contributed by atoms with Gasteiger partial charge in [0.1, 0.15) is 5.02 Å². The standard InChI is InChI=1S/C12H20ClN3O3/c1-3-8(2)5-4-6-19-12-9(13)7-10(16(17)18)11(14)15-12/h7-8,16-17H,3-6H2,1-2H3,(H2,14,15). The number of rotatable bonds is 7. The van der Waals surface area contributed by atoms with E-state index in [1.54, 1.807) is 0 Å². The van der Waals surface area contributed by atoms with Gasteiger partial charge in [-0.2, -0.15) is 10.2 Å². The molecule has 0 aromatic carbocycles. The van der Waals surface area contributed by atoms with Gasteiger partial charge in [0.2, 0.25) is 11.6 Å². The van der Waals surface area contributed by atoms with Gasteiger partial charge in [0.05, 0.1) is 6.61 Å². The summed E-state index contributed by atoms with van der Waals surface area (Å²) in [6, 6.07) is 1.26. The van der Waals surface area contributed by atoms with Gasteiger partial charge in [0.25, 0.3) is 0 Å². The molecule has 1 heterocycles. The fraction of sp³-hybridized carbons (Fsp3) is 0.583. The Hall–Kier alpha value is -1.08. The third-order valence-electron chi connectivity index (χ3n) is 2.98. The van der Waals surface area contributed by atoms with Gasteiger partial charge >= 0.3 is 0 Å². The minimum absolute atomic E-state index is 0.0890. The van der Waals surface area contributed by atoms with E-state index in [4.69, 9.17) is 27.3 Å². The van der Waals surface area contributed by atoms with Crippen molar-refractivity contribution in [2.45, 2.75) is 33.1 Å². The van der Waals surface area contributed by atoms with E-state index in [0.29, 0.717) is 12.5 Å². The average molecular weight is 290 g/mol. The van der Waals surface area contributed by atoms with Crippen LogP contribution >= 0.6 is 11.6 Å². The maximum atomic E-state index is 10.8. The summed E-state index contributed by atoms with van der Waals surface area (Å²) in [5.41, 5.74) is 5.42. The number of hydrogen-bond donors (Lipinski definition) is 3. The lowest BCUT2D eigenvalue weighted by Gasteiger charge is -2.15. The van der Waals surface area contributed by atoms with Crippen molar-refractivity contribution in [3.05, 3.63) is 16.3 Å². The van der Waals surface area contributed by atoms with E-state index in [-0.39, 0.29) is 22.4 Å². The molecule has 0 fully saturated rings. The van der Waals surface area contributed by atoms with E-state index in [2.05, 4.69) is 18.8 Å². The SMILES string of the molecule is CCC(C)CCCOc1nc(N)c([NH+]([O-])O)cc1Cl. The van der Waals surface area contributed by atoms with Crippen LogP contribution in [0.25, 0.3) is 0 Å². The Kier molecular flexibility index (Phi) is 6.30. The van der Waals surface area contributed by atoms with Gasteiger partial charge in [0.15, 0.2) is 5.82 Å². The van der Waals surface area contributed by atoms with Crippen molar-refractivity contribution in [1.29, 1.82) is 0 Å². The van der Waals surface area contributed by atoms with Crippen molar-refractivity contribution < 1.29 is 15.2 Å². The number of nitrogen functional groups attached to an aromatic ring is 1. The van der Waals surface area contributed by atoms with Crippen LogP contribution in [0.2, 0.25) is 5.02 Å². The van der Waals surface area contributed by atoms with Gasteiger partial charge in [-0.05, 0) is 18.8 Å². The molecule has 0 aliphatic rings. The molecule has 0 bridgehead atoms. The lowest BCUT2D eigenvalue weighted by molar-refractivity contribution is -0.990. The number of nitrogens with one attached hydrogen (secondary N) is 1. The highest BCUT2D eigenvalue weighted by molar-refractivity contribution is 6.32. The Labute approximate surface area is 117 Å². The van der Waals surface area contributed by atoms with Crippen LogP contribution < -0.4 is 15.7 Å². The van der Waals surface area contributed by atoms with Gasteiger partial charge < -0.3 is 15.7 Å². The summed E-state index contributed by atoms with van der Waals surface area (Å²) in [7, 11) is 0. The van der Waals surface area contributed by atoms with E-state index in [9.17, 15) is 5.21 Å². The molecular weight excluding hydrogens is 270 g/mol. The van der Waals surface area contributed by atoms with Crippen molar-refractivity contribution in [2.75, 3.05) is 12.3 Å². The number of pyridine rings is 1. The maximum absolute atomic E-state index is 10.8. The molecule has 4 N–H and O–H groups in total. The zero-order valence-corrected chi connectivity index (χ0v) is 11.9. The minimum Gasteiger partial charge on any atom is -0.595 e. The highest BCUT2D eigenvalue weighted by Gasteiger charge is 2.14. The quantitative estimate of drug-likeness (QED) is 0.526. The highest BCUT2D eigenvalue weighted by Crippen LogP contribution is 2.27. The van der Waals surface area contributed by atoms with Crippen LogP contribution in [0.5, 0.6) is 5.88 Å². The number of nitrogens with two attached hydrogens (primary N) is 1. The van der Waals surface area contributed by atoms with Crippen LogP contribution in [0.1, 0.15) is 33.1 Å². The van der Waals surface area contributed by atoms with Crippen molar-refractivity contribution in [1.82, 2.24) is 4.98 Å². The van der Waals surface area contributed by atoms with Gasteiger partial charge in [-0.3, -0.25) is 0 Å². The first kappa shape index (κ1) is 16.0. The van der Waals surface area contributed by atoms with Crippen LogP contribution in [0.15, 0.2) is 6.07 Å². The predicted octanol–water partition coefficient (Wildman–Crippen LogP) is 1.93. The van der Waals surface area contributed by atoms with Gasteiger partial charge in [-0.1, -0.05) is 31.9 Å². The monoisotopic (exact) mass is 289 g/mol. The van der Waals surface area contributed by atoms with Crippen molar-refractivity contribution in [3.63, 3.8) is 0 Å². The molecule has 6 nitrogen and oxygen atoms in total. The topological polar surface area (TPSA) is 95.9 Å². The molecule has 19 heavy (non-hydrogen) atoms. The molecule has 0 saturated carbocycles. The fourth-order valence-corrected chi connectivity index (χ4v) is 1.77. The molecular formula is C12H20ClN3O3. The summed E-state index contributed by atoms with van der Waals surface area (Å²) >= 11 is 5.91. The third kappa shape index (κ3) is 4.83. The number of hydrogen-bond acceptors (Lipinski definition) is 5. The van der Waals surface area contributed by atoms with Crippen LogP contribution in [-0.2, 0) is 0 Å². The van der Waals surface area contributed by atoms with E-state index >= 15 is 0 Å². The molecule has 1 aromatic heterocycles. The number of quaternary nitrogens is 1. The first-order valence-corrected chi connectivity index (χ1v) is 6.65. The summed E-state index contributed by atoms with van der Waals surface area (Å²) in [5, 5.41) is 18.7. The number of aromatic nitrogens is 1. The molecule has 0 aliphatic heterocycles. The highest BCUT2D eigenvalue weighted by atomic mass is 35.5. The number of anilines is 1. The Morgan fingerprint density at radius 3 is 2.89 bits per heavy atom. The summed E-state index contributed by atoms with van der Waals surface area (Å²) in [5.74, 6) is 0.758. The summed E-state index contributed by atoms with van der Waals surface area (Å²) in [6.07, 6.45) is 3.10. The lowest BCUT2D eigenvalue weighted by Crippen LogP contribution is -2.99. The summed E-state index contributed by atoms with van der Waals surface area (Å²) in [6.45, 7) is 4.82. The molecule has 0 amide bonds. The fourth-order valence-electron chi connectivity index (χ4n) is 1.56. The summed E-state index contributed by atoms with van der Waals surface area (Å²) < 4.78 is 5.43. The number of nitrogens with zero attached hydrogens (tertiary/aromatic N) is 1. The maximum Gasteiger partial charge on any atom is 0.235 e. The third-order valence-corrected chi connectivity index (χ3v) is 3.25. The molecule has 0 saturated heterocycles. The van der Waals surface area contributed by atoms with Crippen molar-refractivity contribution >= 4 is 23.1 Å². The smallest absolute Gasteiger partial charge is 0.235 e. The minimum atomic E-state index is -1.16. The van der Waals surface area contributed by atoms with Gasteiger partial charge in [0, 0.05) is 6.07 Å². The van der Waals surface area contributed by atoms with Crippen LogP contribution in [0.4, 0.5) is 11.5 Å². The zero-order valence-electron chi connectivity index (χ0n) is 11.1. The Balaban J connectivity index is 2.57. The Bertz CT molecular complexity index is 415. The normalized spacial score (nSPS) is 14.2. The van der Waals surface area contributed by atoms with Crippen molar-refractivity contribution in [3.8, 4) is 5.88 Å². The van der Waals surface area contributed by atoms with E-state index in [1.807, 2.05) is 0 Å². The molecule has 0 spiro atoms. The van der Waals surface area contributed by atoms with Crippen LogP contribution in [0, 0.1) is 11.1 Å². The molecule has 7 heteroatoms. The number of halogens is 1. The molecule has 0 radical (unpaired) electrons. The Morgan fingerprint density at radius 1 is 1.63 bits per heavy atom. The second-order valence-corrected chi connectivity index (χ2v) is 4.92. The molecule has 1 aromatic rings. The van der Waals surface area contributed by atoms with E-state index in [0.717, 1.165) is 19.3 Å². The molecule has 108 valence electrons. The lowest BCUT2D eigenvalue weighted by atomic mass is 10.0.